The summed E-state index contributed by atoms with van der Waals surface area (Å²) < 4.78 is 0. The van der Waals surface area contributed by atoms with Crippen molar-refractivity contribution in [3.8, 4) is 0 Å². The first kappa shape index (κ1) is 11.0. The molecule has 0 fully saturated rings. The molecular formula is C14H15N3O. The number of nitrogens with zero attached hydrogens (tertiary/aromatic N) is 1. The lowest BCUT2D eigenvalue weighted by Crippen LogP contribution is -1.97. The quantitative estimate of drug-likeness (QED) is 0.740. The lowest BCUT2D eigenvalue weighted by atomic mass is 10.0. The zero-order valence-corrected chi connectivity index (χ0v) is 10.3. The van der Waals surface area contributed by atoms with Crippen molar-refractivity contribution in [1.29, 1.82) is 0 Å². The highest BCUT2D eigenvalue weighted by Gasteiger charge is 2.07. The molecule has 92 valence electrons. The van der Waals surface area contributed by atoms with Crippen molar-refractivity contribution >= 4 is 21.8 Å². The van der Waals surface area contributed by atoms with Crippen molar-refractivity contribution in [1.82, 2.24) is 15.2 Å². The van der Waals surface area contributed by atoms with E-state index in [1.165, 1.54) is 18.4 Å². The summed E-state index contributed by atoms with van der Waals surface area (Å²) in [7, 11) is 0. The van der Waals surface area contributed by atoms with Gasteiger partial charge in [-0.2, -0.15) is 0 Å². The van der Waals surface area contributed by atoms with Crippen LogP contribution in [0.3, 0.4) is 0 Å². The van der Waals surface area contributed by atoms with E-state index in [1.807, 2.05) is 6.07 Å². The highest BCUT2D eigenvalue weighted by Crippen LogP contribution is 2.21. The SMILES string of the molecule is CCCCc1ccc2ncc3c(=O)[nH][nH]c3c2c1. The first-order chi connectivity index (χ1) is 8.79. The minimum absolute atomic E-state index is 0.113. The summed E-state index contributed by atoms with van der Waals surface area (Å²) in [6, 6.07) is 6.26. The van der Waals surface area contributed by atoms with Gasteiger partial charge >= 0.3 is 0 Å². The van der Waals surface area contributed by atoms with Gasteiger partial charge in [-0.05, 0) is 30.5 Å². The zero-order chi connectivity index (χ0) is 12.5. The summed E-state index contributed by atoms with van der Waals surface area (Å²) in [4.78, 5) is 15.9. The summed E-state index contributed by atoms with van der Waals surface area (Å²) >= 11 is 0. The van der Waals surface area contributed by atoms with E-state index in [-0.39, 0.29) is 5.56 Å². The fraction of sp³-hybridized carbons (Fsp3) is 0.286. The number of aromatic amines is 2. The van der Waals surface area contributed by atoms with Crippen LogP contribution in [-0.2, 0) is 6.42 Å². The predicted molar refractivity (Wildman–Crippen MR) is 72.8 cm³/mol. The van der Waals surface area contributed by atoms with Crippen molar-refractivity contribution in [2.45, 2.75) is 26.2 Å². The first-order valence-electron chi connectivity index (χ1n) is 6.27. The van der Waals surface area contributed by atoms with Gasteiger partial charge in [-0.25, -0.2) is 0 Å². The van der Waals surface area contributed by atoms with Gasteiger partial charge < -0.3 is 0 Å². The molecule has 0 saturated carbocycles. The van der Waals surface area contributed by atoms with E-state index in [9.17, 15) is 4.79 Å². The Bertz CT molecular complexity index is 754. The largest absolute Gasteiger partial charge is 0.297 e. The Morgan fingerprint density at radius 2 is 2.11 bits per heavy atom. The van der Waals surface area contributed by atoms with Crippen molar-refractivity contribution < 1.29 is 0 Å². The van der Waals surface area contributed by atoms with Gasteiger partial charge in [0.05, 0.1) is 16.4 Å². The molecule has 1 aromatic carbocycles. The molecule has 0 aliphatic heterocycles. The third kappa shape index (κ3) is 1.70. The molecule has 3 rings (SSSR count). The van der Waals surface area contributed by atoms with E-state index in [2.05, 4.69) is 34.2 Å². The van der Waals surface area contributed by atoms with Crippen LogP contribution in [0.1, 0.15) is 25.3 Å². The average molecular weight is 241 g/mol. The van der Waals surface area contributed by atoms with Crippen LogP contribution in [0, 0.1) is 0 Å². The topological polar surface area (TPSA) is 61.5 Å². The second-order valence-electron chi connectivity index (χ2n) is 4.58. The Morgan fingerprint density at radius 1 is 1.22 bits per heavy atom. The molecule has 0 saturated heterocycles. The summed E-state index contributed by atoms with van der Waals surface area (Å²) in [5.74, 6) is 0. The number of rotatable bonds is 3. The van der Waals surface area contributed by atoms with Crippen LogP contribution in [0.5, 0.6) is 0 Å². The molecule has 0 atom stereocenters. The van der Waals surface area contributed by atoms with E-state index >= 15 is 0 Å². The van der Waals surface area contributed by atoms with Crippen LogP contribution in [-0.4, -0.2) is 15.2 Å². The minimum Gasteiger partial charge on any atom is -0.297 e. The molecule has 0 spiro atoms. The lowest BCUT2D eigenvalue weighted by molar-refractivity contribution is 0.796. The van der Waals surface area contributed by atoms with Crippen LogP contribution >= 0.6 is 0 Å². The molecule has 0 aliphatic carbocycles. The molecule has 2 heterocycles. The molecule has 3 aromatic rings. The number of benzene rings is 1. The Balaban J connectivity index is 2.23. The number of fused-ring (bicyclic) bond motifs is 3. The summed E-state index contributed by atoms with van der Waals surface area (Å²) in [6.07, 6.45) is 5.05. The predicted octanol–water partition coefficient (Wildman–Crippen LogP) is 2.75. The standard InChI is InChI=1S/C14H15N3O/c1-2-3-4-9-5-6-12-10(7-9)13-11(8-15-12)14(18)17-16-13/h5-8H,2-4H2,1H3,(H2,16,17,18). The summed E-state index contributed by atoms with van der Waals surface area (Å²) in [6.45, 7) is 2.18. The number of pyridine rings is 1. The fourth-order valence-electron chi connectivity index (χ4n) is 2.27. The van der Waals surface area contributed by atoms with Crippen LogP contribution in [0.25, 0.3) is 21.8 Å². The number of unbranched alkanes of at least 4 members (excludes halogenated alkanes) is 1. The summed E-state index contributed by atoms with van der Waals surface area (Å²) in [5.41, 5.74) is 2.94. The van der Waals surface area contributed by atoms with Crippen LogP contribution in [0.2, 0.25) is 0 Å². The number of hydrogen-bond acceptors (Lipinski definition) is 2. The van der Waals surface area contributed by atoms with Crippen molar-refractivity contribution in [3.05, 3.63) is 40.3 Å². The molecular weight excluding hydrogens is 226 g/mol. The molecule has 0 amide bonds. The van der Waals surface area contributed by atoms with Gasteiger partial charge in [0.15, 0.2) is 0 Å². The average Bonchev–Trinajstić information content (AvgIpc) is 2.78. The highest BCUT2D eigenvalue weighted by molar-refractivity contribution is 6.02. The van der Waals surface area contributed by atoms with E-state index in [0.29, 0.717) is 5.39 Å². The van der Waals surface area contributed by atoms with Gasteiger partial charge in [-0.1, -0.05) is 19.4 Å². The number of aromatic nitrogens is 3. The van der Waals surface area contributed by atoms with Gasteiger partial charge in [0.25, 0.3) is 5.56 Å². The van der Waals surface area contributed by atoms with Crippen LogP contribution < -0.4 is 5.56 Å². The first-order valence-corrected chi connectivity index (χ1v) is 6.27. The van der Waals surface area contributed by atoms with Gasteiger partial charge in [0, 0.05) is 11.6 Å². The number of aryl methyl sites for hydroxylation is 1. The van der Waals surface area contributed by atoms with Crippen molar-refractivity contribution in [3.63, 3.8) is 0 Å². The Labute approximate surface area is 104 Å². The fourth-order valence-corrected chi connectivity index (χ4v) is 2.27. The number of hydrogen-bond donors (Lipinski definition) is 2. The van der Waals surface area contributed by atoms with E-state index < -0.39 is 0 Å². The van der Waals surface area contributed by atoms with Crippen molar-refractivity contribution in [2.24, 2.45) is 0 Å². The van der Waals surface area contributed by atoms with Crippen LogP contribution in [0.15, 0.2) is 29.2 Å². The van der Waals surface area contributed by atoms with E-state index in [0.717, 1.165) is 22.8 Å². The highest BCUT2D eigenvalue weighted by atomic mass is 16.1. The second-order valence-corrected chi connectivity index (χ2v) is 4.58. The Hall–Kier alpha value is -2.10. The van der Waals surface area contributed by atoms with Crippen LogP contribution in [0.4, 0.5) is 0 Å². The summed E-state index contributed by atoms with van der Waals surface area (Å²) in [5, 5.41) is 7.18. The van der Waals surface area contributed by atoms with Crippen molar-refractivity contribution in [2.75, 3.05) is 0 Å². The molecule has 4 heteroatoms. The number of H-pyrrole nitrogens is 2. The number of nitrogens with one attached hydrogen (secondary N) is 2. The maximum atomic E-state index is 11.6. The van der Waals surface area contributed by atoms with Gasteiger partial charge in [0.1, 0.15) is 0 Å². The molecule has 2 aromatic heterocycles. The molecule has 18 heavy (non-hydrogen) atoms. The third-order valence-corrected chi connectivity index (χ3v) is 3.30. The Morgan fingerprint density at radius 3 is 2.94 bits per heavy atom. The van der Waals surface area contributed by atoms with E-state index in [1.54, 1.807) is 6.20 Å². The Kier molecular flexibility index (Phi) is 2.63. The van der Waals surface area contributed by atoms with E-state index in [4.69, 9.17) is 0 Å². The molecule has 2 N–H and O–H groups in total. The van der Waals surface area contributed by atoms with Gasteiger partial charge in [-0.15, -0.1) is 0 Å². The van der Waals surface area contributed by atoms with Gasteiger partial charge in [0.2, 0.25) is 0 Å². The minimum atomic E-state index is -0.113. The molecule has 0 radical (unpaired) electrons. The smallest absolute Gasteiger partial charge is 0.273 e. The lowest BCUT2D eigenvalue weighted by Gasteiger charge is -2.03. The maximum Gasteiger partial charge on any atom is 0.273 e. The second kappa shape index (κ2) is 4.29. The molecule has 0 unspecified atom stereocenters. The van der Waals surface area contributed by atoms with Gasteiger partial charge in [-0.3, -0.25) is 20.0 Å². The molecule has 0 bridgehead atoms. The molecule has 0 aliphatic rings. The monoisotopic (exact) mass is 241 g/mol. The maximum absolute atomic E-state index is 11.6. The zero-order valence-electron chi connectivity index (χ0n) is 10.3. The normalized spacial score (nSPS) is 11.4. The third-order valence-electron chi connectivity index (χ3n) is 3.30. The molecule has 4 nitrogen and oxygen atoms in total.